The van der Waals surface area contributed by atoms with E-state index in [-0.39, 0.29) is 12.4 Å². The highest BCUT2D eigenvalue weighted by Crippen LogP contribution is 2.17. The Kier molecular flexibility index (Phi) is 17.3. The molecule has 0 radical (unpaired) electrons. The maximum absolute atomic E-state index is 5.49. The molecule has 0 N–H and O–H groups in total. The van der Waals surface area contributed by atoms with Crippen LogP contribution in [0.3, 0.4) is 0 Å². The zero-order chi connectivity index (χ0) is 17.6. The number of halogens is 1. The average molecular weight is 384 g/mol. The second-order valence-electron chi connectivity index (χ2n) is 7.26. The molecule has 0 aliphatic heterocycles. The molecule has 0 aromatic carbocycles. The summed E-state index contributed by atoms with van der Waals surface area (Å²) in [7, 11) is 7.36. The molecule has 0 spiro atoms. The van der Waals surface area contributed by atoms with E-state index < -0.39 is 8.80 Å². The lowest BCUT2D eigenvalue weighted by Gasteiger charge is -2.31. The number of hydrogen-bond acceptors (Lipinski definition) is 3. The minimum Gasteiger partial charge on any atom is -1.00 e. The van der Waals surface area contributed by atoms with Crippen molar-refractivity contribution < 1.29 is 30.2 Å². The van der Waals surface area contributed by atoms with Gasteiger partial charge in [-0.15, -0.1) is 0 Å². The van der Waals surface area contributed by atoms with Crippen molar-refractivity contribution in [2.45, 2.75) is 70.8 Å². The molecule has 0 bridgehead atoms. The van der Waals surface area contributed by atoms with Gasteiger partial charge in [0.05, 0.1) is 27.2 Å². The number of nitrogens with zero attached hydrogens (tertiary/aromatic N) is 1. The van der Waals surface area contributed by atoms with Gasteiger partial charge in [-0.2, -0.15) is 0 Å². The summed E-state index contributed by atoms with van der Waals surface area (Å²) in [6.45, 7) is 4.69. The lowest BCUT2D eigenvalue weighted by molar-refractivity contribution is -0.890. The molecule has 0 amide bonds. The van der Waals surface area contributed by atoms with Crippen LogP contribution in [0.4, 0.5) is 0 Å². The van der Waals surface area contributed by atoms with Crippen molar-refractivity contribution in [1.29, 1.82) is 0 Å². The van der Waals surface area contributed by atoms with Crippen LogP contribution in [-0.2, 0) is 13.3 Å². The van der Waals surface area contributed by atoms with Crippen LogP contribution >= 0.6 is 0 Å². The first-order valence-corrected chi connectivity index (χ1v) is 11.4. The van der Waals surface area contributed by atoms with Crippen LogP contribution in [0.15, 0.2) is 0 Å². The van der Waals surface area contributed by atoms with Gasteiger partial charge in [-0.3, -0.25) is 0 Å². The standard InChI is InChI=1S/C18H42NO3Si.ClH/c1-7-8-9-10-11-12-13-14-16-19(2,3)17-15-18-23(20-4,21-5)22-6;/h7-18H2,1-6H3;1H/q+1;/p-1. The number of quaternary nitrogens is 1. The molecule has 0 saturated heterocycles. The Labute approximate surface area is 158 Å². The molecule has 148 valence electrons. The fourth-order valence-corrected chi connectivity index (χ4v) is 4.77. The molecule has 0 rings (SSSR count). The zero-order valence-electron chi connectivity index (χ0n) is 17.0. The lowest BCUT2D eigenvalue weighted by atomic mass is 10.1. The molecule has 0 aromatic rings. The van der Waals surface area contributed by atoms with Crippen molar-refractivity contribution in [3.05, 3.63) is 0 Å². The number of hydrogen-bond donors (Lipinski definition) is 0. The number of rotatable bonds is 16. The van der Waals surface area contributed by atoms with Gasteiger partial charge in [0.15, 0.2) is 0 Å². The average Bonchev–Trinajstić information content (AvgIpc) is 2.54. The molecule has 0 aliphatic rings. The first-order valence-electron chi connectivity index (χ1n) is 9.42. The molecule has 0 aromatic heterocycles. The smallest absolute Gasteiger partial charge is 0.500 e. The minimum absolute atomic E-state index is 0. The van der Waals surface area contributed by atoms with Gasteiger partial charge in [-0.1, -0.05) is 45.4 Å². The van der Waals surface area contributed by atoms with Gasteiger partial charge in [0.1, 0.15) is 0 Å². The van der Waals surface area contributed by atoms with E-state index in [1.165, 1.54) is 57.9 Å². The highest BCUT2D eigenvalue weighted by molar-refractivity contribution is 6.60. The predicted octanol–water partition coefficient (Wildman–Crippen LogP) is 1.48. The normalized spacial score (nSPS) is 12.2. The molecule has 0 fully saturated rings. The molecular formula is C18H42ClNO3Si. The van der Waals surface area contributed by atoms with Gasteiger partial charge < -0.3 is 30.2 Å². The Morgan fingerprint density at radius 2 is 1.08 bits per heavy atom. The maximum atomic E-state index is 5.49. The minimum atomic E-state index is -2.39. The van der Waals surface area contributed by atoms with E-state index in [1.807, 2.05) is 0 Å². The van der Waals surface area contributed by atoms with Gasteiger partial charge in [0.25, 0.3) is 0 Å². The van der Waals surface area contributed by atoms with Crippen LogP contribution in [0.2, 0.25) is 6.04 Å². The molecule has 0 saturated carbocycles. The molecule has 6 heteroatoms. The van der Waals surface area contributed by atoms with E-state index >= 15 is 0 Å². The summed E-state index contributed by atoms with van der Waals surface area (Å²) in [4.78, 5) is 0. The molecule has 0 aliphatic carbocycles. The largest absolute Gasteiger partial charge is 1.00 e. The third-order valence-corrected chi connectivity index (χ3v) is 7.63. The second-order valence-corrected chi connectivity index (χ2v) is 10.3. The fourth-order valence-electron chi connectivity index (χ4n) is 3.07. The first-order chi connectivity index (χ1) is 10.9. The van der Waals surface area contributed by atoms with Crippen LogP contribution < -0.4 is 12.4 Å². The Morgan fingerprint density at radius 1 is 0.667 bits per heavy atom. The van der Waals surface area contributed by atoms with E-state index in [1.54, 1.807) is 21.3 Å². The van der Waals surface area contributed by atoms with E-state index in [4.69, 9.17) is 13.3 Å². The van der Waals surface area contributed by atoms with Gasteiger partial charge in [-0.05, 0) is 12.8 Å². The van der Waals surface area contributed by atoms with Crippen LogP contribution in [-0.4, -0.2) is 61.8 Å². The Bertz CT molecular complexity index is 269. The van der Waals surface area contributed by atoms with Gasteiger partial charge in [0.2, 0.25) is 0 Å². The Morgan fingerprint density at radius 3 is 1.54 bits per heavy atom. The van der Waals surface area contributed by atoms with Gasteiger partial charge in [-0.25, -0.2) is 0 Å². The van der Waals surface area contributed by atoms with Crippen molar-refractivity contribution in [3.8, 4) is 0 Å². The highest BCUT2D eigenvalue weighted by atomic mass is 35.5. The van der Waals surface area contributed by atoms with E-state index in [0.29, 0.717) is 0 Å². The van der Waals surface area contributed by atoms with Gasteiger partial charge in [0, 0.05) is 33.8 Å². The molecular weight excluding hydrogens is 342 g/mol. The monoisotopic (exact) mass is 383 g/mol. The summed E-state index contributed by atoms with van der Waals surface area (Å²) in [6.07, 6.45) is 12.2. The van der Waals surface area contributed by atoms with E-state index in [9.17, 15) is 0 Å². The summed E-state index contributed by atoms with van der Waals surface area (Å²) in [6, 6.07) is 0.898. The summed E-state index contributed by atoms with van der Waals surface area (Å²) in [5.41, 5.74) is 0. The van der Waals surface area contributed by atoms with Crippen molar-refractivity contribution in [2.75, 3.05) is 48.5 Å². The molecule has 0 unspecified atom stereocenters. The number of unbranched alkanes of at least 4 members (excludes halogenated alkanes) is 7. The highest BCUT2D eigenvalue weighted by Gasteiger charge is 2.37. The predicted molar refractivity (Wildman–Crippen MR) is 101 cm³/mol. The SMILES string of the molecule is CCCCCCCCCC[N+](C)(C)CCC[Si](OC)(OC)OC.[Cl-]. The van der Waals surface area contributed by atoms with Crippen LogP contribution in [0, 0.1) is 0 Å². The zero-order valence-corrected chi connectivity index (χ0v) is 18.8. The maximum Gasteiger partial charge on any atom is 0.500 e. The van der Waals surface area contributed by atoms with Crippen molar-refractivity contribution >= 4 is 8.80 Å². The fraction of sp³-hybridized carbons (Fsp3) is 1.00. The summed E-state index contributed by atoms with van der Waals surface area (Å²) < 4.78 is 17.6. The van der Waals surface area contributed by atoms with Gasteiger partial charge >= 0.3 is 8.80 Å². The van der Waals surface area contributed by atoms with Crippen LogP contribution in [0.5, 0.6) is 0 Å². The van der Waals surface area contributed by atoms with Crippen molar-refractivity contribution in [3.63, 3.8) is 0 Å². The Balaban J connectivity index is 0. The third-order valence-electron chi connectivity index (χ3n) is 4.80. The lowest BCUT2D eigenvalue weighted by Crippen LogP contribution is -3.00. The summed E-state index contributed by atoms with van der Waals surface area (Å²) >= 11 is 0. The van der Waals surface area contributed by atoms with Crippen molar-refractivity contribution in [2.24, 2.45) is 0 Å². The third kappa shape index (κ3) is 12.7. The summed E-state index contributed by atoms with van der Waals surface area (Å²) in [5, 5.41) is 0. The van der Waals surface area contributed by atoms with Crippen LogP contribution in [0.25, 0.3) is 0 Å². The molecule has 24 heavy (non-hydrogen) atoms. The topological polar surface area (TPSA) is 27.7 Å². The summed E-state index contributed by atoms with van der Waals surface area (Å²) in [5.74, 6) is 0. The van der Waals surface area contributed by atoms with Crippen molar-refractivity contribution in [1.82, 2.24) is 0 Å². The van der Waals surface area contributed by atoms with E-state index in [2.05, 4.69) is 21.0 Å². The molecule has 0 atom stereocenters. The quantitative estimate of drug-likeness (QED) is 0.229. The second kappa shape index (κ2) is 15.6. The molecule has 0 heterocycles. The van der Waals surface area contributed by atoms with Crippen LogP contribution in [0.1, 0.15) is 64.7 Å². The van der Waals surface area contributed by atoms with E-state index in [0.717, 1.165) is 23.5 Å². The Hall–Kier alpha value is 0.347. The molecule has 4 nitrogen and oxygen atoms in total. The first kappa shape index (κ1) is 26.6.